The van der Waals surface area contributed by atoms with Gasteiger partial charge in [-0.2, -0.15) is 0 Å². The van der Waals surface area contributed by atoms with Crippen LogP contribution in [-0.4, -0.2) is 16.1 Å². The molecule has 0 radical (unpaired) electrons. The number of amides is 1. The molecular weight excluding hydrogens is 254 g/mol. The smallest absolute Gasteiger partial charge is 0.408 e. The van der Waals surface area contributed by atoms with E-state index in [9.17, 15) is 4.79 Å². The molecule has 1 aliphatic carbocycles. The summed E-state index contributed by atoms with van der Waals surface area (Å²) in [6, 6.07) is 5.47. The second-order valence-electron chi connectivity index (χ2n) is 5.65. The van der Waals surface area contributed by atoms with Gasteiger partial charge in [0.15, 0.2) is 5.75 Å². The molecule has 3 rings (SSSR count). The number of nitrogens with two attached hydrogens (primary N) is 1. The van der Waals surface area contributed by atoms with Crippen molar-refractivity contribution < 1.29 is 9.53 Å². The maximum absolute atomic E-state index is 10.9. The minimum Gasteiger partial charge on any atom is -0.408 e. The van der Waals surface area contributed by atoms with Crippen LogP contribution < -0.4 is 10.5 Å². The standard InChI is InChI=1S/C15H19N3O2/c1-9-5-7-10(8-6-9)14-17-11-3-2-4-12(13(11)18-14)20-15(16)19/h2-4,9-10H,5-8H2,1H3,(H2,16,19)(H,17,18). The lowest BCUT2D eigenvalue weighted by molar-refractivity contribution is 0.211. The molecule has 0 spiro atoms. The zero-order valence-electron chi connectivity index (χ0n) is 11.6. The number of H-pyrrole nitrogens is 1. The molecule has 1 aromatic carbocycles. The molecule has 0 aliphatic heterocycles. The maximum Gasteiger partial charge on any atom is 0.410 e. The number of ether oxygens (including phenoxy) is 1. The van der Waals surface area contributed by atoms with Crippen LogP contribution >= 0.6 is 0 Å². The van der Waals surface area contributed by atoms with Gasteiger partial charge < -0.3 is 15.5 Å². The van der Waals surface area contributed by atoms with E-state index in [1.54, 1.807) is 6.07 Å². The van der Waals surface area contributed by atoms with Gasteiger partial charge in [0.2, 0.25) is 0 Å². The van der Waals surface area contributed by atoms with E-state index in [0.717, 1.165) is 30.1 Å². The summed E-state index contributed by atoms with van der Waals surface area (Å²) in [6.07, 6.45) is 3.99. The van der Waals surface area contributed by atoms with Crippen molar-refractivity contribution in [2.75, 3.05) is 0 Å². The van der Waals surface area contributed by atoms with Gasteiger partial charge in [0.25, 0.3) is 0 Å². The zero-order valence-corrected chi connectivity index (χ0v) is 11.6. The predicted octanol–water partition coefficient (Wildman–Crippen LogP) is 3.31. The van der Waals surface area contributed by atoms with Gasteiger partial charge in [-0.1, -0.05) is 25.8 Å². The monoisotopic (exact) mass is 273 g/mol. The fourth-order valence-corrected chi connectivity index (χ4v) is 2.94. The van der Waals surface area contributed by atoms with Gasteiger partial charge in [-0.15, -0.1) is 0 Å². The van der Waals surface area contributed by atoms with Crippen LogP contribution in [0.5, 0.6) is 5.75 Å². The van der Waals surface area contributed by atoms with Crippen LogP contribution in [0.15, 0.2) is 18.2 Å². The highest BCUT2D eigenvalue weighted by molar-refractivity contribution is 5.84. The number of carbonyl (C=O) groups is 1. The number of para-hydroxylation sites is 1. The van der Waals surface area contributed by atoms with E-state index in [1.165, 1.54) is 12.8 Å². The van der Waals surface area contributed by atoms with Gasteiger partial charge in [-0.25, -0.2) is 9.78 Å². The van der Waals surface area contributed by atoms with Gasteiger partial charge in [0.05, 0.1) is 5.52 Å². The lowest BCUT2D eigenvalue weighted by Crippen LogP contribution is -2.16. The summed E-state index contributed by atoms with van der Waals surface area (Å²) in [7, 11) is 0. The molecule has 1 aliphatic rings. The normalized spacial score (nSPS) is 22.9. The molecular formula is C15H19N3O2. The first-order chi connectivity index (χ1) is 9.63. The highest BCUT2D eigenvalue weighted by Crippen LogP contribution is 2.36. The maximum atomic E-state index is 10.9. The average molecular weight is 273 g/mol. The van der Waals surface area contributed by atoms with Crippen molar-refractivity contribution in [3.63, 3.8) is 0 Å². The zero-order chi connectivity index (χ0) is 14.1. The Morgan fingerprint density at radius 3 is 2.80 bits per heavy atom. The summed E-state index contributed by atoms with van der Waals surface area (Å²) in [4.78, 5) is 18.9. The molecule has 0 atom stereocenters. The first kappa shape index (κ1) is 13.0. The Balaban J connectivity index is 1.92. The highest BCUT2D eigenvalue weighted by atomic mass is 16.5. The summed E-state index contributed by atoms with van der Waals surface area (Å²) in [5.74, 6) is 2.69. The molecule has 0 saturated heterocycles. The van der Waals surface area contributed by atoms with Crippen LogP contribution in [0.2, 0.25) is 0 Å². The second kappa shape index (κ2) is 5.15. The number of carbonyl (C=O) groups excluding carboxylic acids is 1. The Morgan fingerprint density at radius 2 is 2.10 bits per heavy atom. The SMILES string of the molecule is CC1CCC(c2nc3c(OC(N)=O)cccc3[nH]2)CC1. The van der Waals surface area contributed by atoms with E-state index < -0.39 is 6.09 Å². The van der Waals surface area contributed by atoms with Crippen molar-refractivity contribution in [3.05, 3.63) is 24.0 Å². The number of hydrogen-bond donors (Lipinski definition) is 2. The van der Waals surface area contributed by atoms with Crippen molar-refractivity contribution >= 4 is 17.1 Å². The fourth-order valence-electron chi connectivity index (χ4n) is 2.94. The lowest BCUT2D eigenvalue weighted by atomic mass is 9.83. The van der Waals surface area contributed by atoms with Crippen molar-refractivity contribution in [1.29, 1.82) is 0 Å². The topological polar surface area (TPSA) is 81.0 Å². The number of hydrogen-bond acceptors (Lipinski definition) is 3. The van der Waals surface area contributed by atoms with Crippen LogP contribution in [-0.2, 0) is 0 Å². The minimum atomic E-state index is -0.812. The summed E-state index contributed by atoms with van der Waals surface area (Å²) in [5.41, 5.74) is 6.65. The number of benzene rings is 1. The molecule has 1 aromatic heterocycles. The number of nitrogens with zero attached hydrogens (tertiary/aromatic N) is 1. The summed E-state index contributed by atoms with van der Waals surface area (Å²) in [5, 5.41) is 0. The Hall–Kier alpha value is -2.04. The molecule has 20 heavy (non-hydrogen) atoms. The first-order valence-corrected chi connectivity index (χ1v) is 7.09. The largest absolute Gasteiger partial charge is 0.410 e. The summed E-state index contributed by atoms with van der Waals surface area (Å²) >= 11 is 0. The number of primary amides is 1. The Morgan fingerprint density at radius 1 is 1.35 bits per heavy atom. The third kappa shape index (κ3) is 2.48. The minimum absolute atomic E-state index is 0.418. The highest BCUT2D eigenvalue weighted by Gasteiger charge is 2.23. The lowest BCUT2D eigenvalue weighted by Gasteiger charge is -2.24. The average Bonchev–Trinajstić information content (AvgIpc) is 2.84. The van der Waals surface area contributed by atoms with Crippen molar-refractivity contribution in [3.8, 4) is 5.75 Å². The molecule has 5 nitrogen and oxygen atoms in total. The van der Waals surface area contributed by atoms with Crippen molar-refractivity contribution in [1.82, 2.24) is 9.97 Å². The first-order valence-electron chi connectivity index (χ1n) is 7.09. The quantitative estimate of drug-likeness (QED) is 0.880. The van der Waals surface area contributed by atoms with Crippen molar-refractivity contribution in [2.45, 2.75) is 38.5 Å². The van der Waals surface area contributed by atoms with Crippen LogP contribution in [0.3, 0.4) is 0 Å². The van der Waals surface area contributed by atoms with Crippen LogP contribution in [0.4, 0.5) is 4.79 Å². The number of aromatic nitrogens is 2. The van der Waals surface area contributed by atoms with Crippen molar-refractivity contribution in [2.24, 2.45) is 11.7 Å². The van der Waals surface area contributed by atoms with Gasteiger partial charge in [-0.3, -0.25) is 0 Å². The molecule has 1 heterocycles. The second-order valence-corrected chi connectivity index (χ2v) is 5.65. The Labute approximate surface area is 117 Å². The van der Waals surface area contributed by atoms with E-state index >= 15 is 0 Å². The summed E-state index contributed by atoms with van der Waals surface area (Å²) in [6.45, 7) is 2.30. The van der Waals surface area contributed by atoms with Crippen LogP contribution in [0, 0.1) is 5.92 Å². The molecule has 1 saturated carbocycles. The molecule has 0 bridgehead atoms. The third-order valence-electron chi connectivity index (χ3n) is 4.11. The Bertz CT molecular complexity index is 627. The third-order valence-corrected chi connectivity index (χ3v) is 4.11. The Kier molecular flexibility index (Phi) is 3.34. The van der Waals surface area contributed by atoms with Gasteiger partial charge >= 0.3 is 6.09 Å². The van der Waals surface area contributed by atoms with Gasteiger partial charge in [0, 0.05) is 5.92 Å². The van der Waals surface area contributed by atoms with Gasteiger partial charge in [0.1, 0.15) is 11.3 Å². The number of nitrogens with one attached hydrogen (secondary N) is 1. The molecule has 3 N–H and O–H groups in total. The summed E-state index contributed by atoms with van der Waals surface area (Å²) < 4.78 is 5.00. The van der Waals surface area contributed by atoms with E-state index in [4.69, 9.17) is 10.5 Å². The molecule has 1 fully saturated rings. The molecule has 106 valence electrons. The molecule has 5 heteroatoms. The number of imidazole rings is 1. The molecule has 1 amide bonds. The van der Waals surface area contributed by atoms with E-state index in [2.05, 4.69) is 16.9 Å². The number of rotatable bonds is 2. The van der Waals surface area contributed by atoms with Gasteiger partial charge in [-0.05, 0) is 30.9 Å². The fraction of sp³-hybridized carbons (Fsp3) is 0.467. The molecule has 0 unspecified atom stereocenters. The van der Waals surface area contributed by atoms with E-state index in [1.807, 2.05) is 12.1 Å². The number of aromatic amines is 1. The predicted molar refractivity (Wildman–Crippen MR) is 76.7 cm³/mol. The van der Waals surface area contributed by atoms with E-state index in [0.29, 0.717) is 17.2 Å². The number of fused-ring (bicyclic) bond motifs is 1. The van der Waals surface area contributed by atoms with E-state index in [-0.39, 0.29) is 0 Å². The van der Waals surface area contributed by atoms with Crippen LogP contribution in [0.1, 0.15) is 44.3 Å². The van der Waals surface area contributed by atoms with Crippen LogP contribution in [0.25, 0.3) is 11.0 Å². The molecule has 2 aromatic rings.